The standard InChI is InChI=1S/C35H45FN2O2/c1-3-5-6-7-8-9-10-12-27-24-37-34(38-25-27)29-17-20-31(21-18-29)40-35(39)30-19-22-32(33(36)23-30)28-15-13-26(11-4-2)14-16-28/h17-26,28H,3-16H2,1-2H3/t26-,28-. The van der Waals surface area contributed by atoms with E-state index in [0.29, 0.717) is 11.6 Å². The van der Waals surface area contributed by atoms with E-state index in [4.69, 9.17) is 4.74 Å². The van der Waals surface area contributed by atoms with E-state index in [-0.39, 0.29) is 17.3 Å². The van der Waals surface area contributed by atoms with Crippen LogP contribution < -0.4 is 4.74 Å². The fourth-order valence-corrected chi connectivity index (χ4v) is 5.91. The van der Waals surface area contributed by atoms with Crippen LogP contribution in [-0.2, 0) is 6.42 Å². The van der Waals surface area contributed by atoms with Crippen molar-refractivity contribution in [3.8, 4) is 17.1 Å². The molecule has 4 rings (SSSR count). The van der Waals surface area contributed by atoms with E-state index in [9.17, 15) is 9.18 Å². The molecule has 0 aliphatic heterocycles. The lowest BCUT2D eigenvalue weighted by molar-refractivity contribution is 0.0734. The number of unbranched alkanes of at least 4 members (excludes halogenated alkanes) is 6. The molecule has 0 N–H and O–H groups in total. The van der Waals surface area contributed by atoms with Crippen molar-refractivity contribution >= 4 is 5.97 Å². The van der Waals surface area contributed by atoms with E-state index in [2.05, 4.69) is 23.8 Å². The van der Waals surface area contributed by atoms with E-state index in [1.165, 1.54) is 63.9 Å². The summed E-state index contributed by atoms with van der Waals surface area (Å²) in [5, 5.41) is 0. The third-order valence-corrected chi connectivity index (χ3v) is 8.32. The molecule has 4 nitrogen and oxygen atoms in total. The highest BCUT2D eigenvalue weighted by atomic mass is 19.1. The van der Waals surface area contributed by atoms with E-state index < -0.39 is 5.97 Å². The number of nitrogens with zero attached hydrogens (tertiary/aromatic N) is 2. The van der Waals surface area contributed by atoms with Gasteiger partial charge in [-0.3, -0.25) is 0 Å². The molecule has 0 spiro atoms. The molecule has 1 aliphatic carbocycles. The molecule has 1 aromatic heterocycles. The number of halogens is 1. The molecule has 214 valence electrons. The van der Waals surface area contributed by atoms with Gasteiger partial charge in [0, 0.05) is 18.0 Å². The summed E-state index contributed by atoms with van der Waals surface area (Å²) >= 11 is 0. The minimum absolute atomic E-state index is 0.227. The van der Waals surface area contributed by atoms with Crippen LogP contribution in [0.3, 0.4) is 0 Å². The zero-order valence-electron chi connectivity index (χ0n) is 24.3. The SMILES string of the molecule is CCCCCCCCCc1cnc(-c2ccc(OC(=O)c3ccc([C@H]4CC[C@H](CCC)CC4)c(F)c3)cc2)nc1. The van der Waals surface area contributed by atoms with Crippen LogP contribution in [0.2, 0.25) is 0 Å². The smallest absolute Gasteiger partial charge is 0.343 e. The first-order valence-corrected chi connectivity index (χ1v) is 15.5. The summed E-state index contributed by atoms with van der Waals surface area (Å²) in [7, 11) is 0. The van der Waals surface area contributed by atoms with Gasteiger partial charge in [-0.15, -0.1) is 0 Å². The quantitative estimate of drug-likeness (QED) is 0.115. The molecule has 40 heavy (non-hydrogen) atoms. The third kappa shape index (κ3) is 8.71. The van der Waals surface area contributed by atoms with Gasteiger partial charge in [-0.2, -0.15) is 0 Å². The lowest BCUT2D eigenvalue weighted by Gasteiger charge is -2.28. The predicted octanol–water partition coefficient (Wildman–Crippen LogP) is 9.87. The average molecular weight is 545 g/mol. The van der Waals surface area contributed by atoms with E-state index in [0.717, 1.165) is 54.7 Å². The van der Waals surface area contributed by atoms with Crippen molar-refractivity contribution in [3.63, 3.8) is 0 Å². The van der Waals surface area contributed by atoms with Gasteiger partial charge in [-0.05, 0) is 97.9 Å². The second-order valence-corrected chi connectivity index (χ2v) is 11.4. The summed E-state index contributed by atoms with van der Waals surface area (Å²) in [6.45, 7) is 4.47. The Labute approximate surface area is 239 Å². The Balaban J connectivity index is 1.26. The number of esters is 1. The lowest BCUT2D eigenvalue weighted by atomic mass is 9.77. The van der Waals surface area contributed by atoms with Crippen molar-refractivity contribution in [2.45, 2.75) is 110 Å². The summed E-state index contributed by atoms with van der Waals surface area (Å²) in [6.07, 6.45) is 20.7. The molecule has 3 aromatic rings. The van der Waals surface area contributed by atoms with Gasteiger partial charge in [0.2, 0.25) is 0 Å². The van der Waals surface area contributed by atoms with E-state index in [1.54, 1.807) is 24.3 Å². The van der Waals surface area contributed by atoms with Crippen LogP contribution in [-0.4, -0.2) is 15.9 Å². The number of aryl methyl sites for hydroxylation is 1. The Hall–Kier alpha value is -3.08. The van der Waals surface area contributed by atoms with Crippen LogP contribution >= 0.6 is 0 Å². The van der Waals surface area contributed by atoms with Gasteiger partial charge >= 0.3 is 5.97 Å². The number of hydrogen-bond donors (Lipinski definition) is 0. The fourth-order valence-electron chi connectivity index (χ4n) is 5.91. The zero-order chi connectivity index (χ0) is 28.2. The molecule has 0 radical (unpaired) electrons. The van der Waals surface area contributed by atoms with Crippen LogP contribution in [0.25, 0.3) is 11.4 Å². The van der Waals surface area contributed by atoms with E-state index >= 15 is 0 Å². The van der Waals surface area contributed by atoms with Gasteiger partial charge in [0.25, 0.3) is 0 Å². The van der Waals surface area contributed by atoms with Crippen LogP contribution in [0.1, 0.15) is 125 Å². The van der Waals surface area contributed by atoms with Gasteiger partial charge in [0.05, 0.1) is 5.56 Å². The van der Waals surface area contributed by atoms with Crippen LogP contribution in [0.15, 0.2) is 54.9 Å². The van der Waals surface area contributed by atoms with E-state index in [1.807, 2.05) is 24.5 Å². The fraction of sp³-hybridized carbons (Fsp3) is 0.514. The Morgan fingerprint density at radius 2 is 1.52 bits per heavy atom. The van der Waals surface area contributed by atoms with Gasteiger partial charge in [0.1, 0.15) is 11.6 Å². The molecule has 2 aromatic carbocycles. The van der Waals surface area contributed by atoms with Crippen LogP contribution in [0, 0.1) is 11.7 Å². The number of carbonyl (C=O) groups excluding carboxylic acids is 1. The highest BCUT2D eigenvalue weighted by molar-refractivity contribution is 5.91. The van der Waals surface area contributed by atoms with Crippen molar-refractivity contribution in [2.75, 3.05) is 0 Å². The van der Waals surface area contributed by atoms with Crippen molar-refractivity contribution in [2.24, 2.45) is 5.92 Å². The maximum atomic E-state index is 15.0. The zero-order valence-corrected chi connectivity index (χ0v) is 24.3. The summed E-state index contributed by atoms with van der Waals surface area (Å²) in [6, 6.07) is 11.9. The second kappa shape index (κ2) is 15.6. The van der Waals surface area contributed by atoms with Gasteiger partial charge < -0.3 is 4.74 Å². The molecular formula is C35H45FN2O2. The molecular weight excluding hydrogens is 499 g/mol. The maximum absolute atomic E-state index is 15.0. The molecule has 1 aliphatic rings. The van der Waals surface area contributed by atoms with Gasteiger partial charge in [-0.25, -0.2) is 19.2 Å². The van der Waals surface area contributed by atoms with Crippen molar-refractivity contribution in [1.29, 1.82) is 0 Å². The number of carbonyl (C=O) groups is 1. The first kappa shape index (κ1) is 29.9. The molecule has 0 amide bonds. The summed E-state index contributed by atoms with van der Waals surface area (Å²) in [4.78, 5) is 21.8. The summed E-state index contributed by atoms with van der Waals surface area (Å²) in [5.74, 6) is 1.19. The monoisotopic (exact) mass is 544 g/mol. The van der Waals surface area contributed by atoms with Crippen molar-refractivity contribution < 1.29 is 13.9 Å². The highest BCUT2D eigenvalue weighted by Crippen LogP contribution is 2.38. The lowest BCUT2D eigenvalue weighted by Crippen LogP contribution is -2.15. The molecule has 5 heteroatoms. The largest absolute Gasteiger partial charge is 0.423 e. The molecule has 0 atom stereocenters. The minimum Gasteiger partial charge on any atom is -0.423 e. The molecule has 0 saturated heterocycles. The maximum Gasteiger partial charge on any atom is 0.343 e. The number of aromatic nitrogens is 2. The summed E-state index contributed by atoms with van der Waals surface area (Å²) in [5.41, 5.74) is 2.96. The predicted molar refractivity (Wildman–Crippen MR) is 160 cm³/mol. The number of benzene rings is 2. The highest BCUT2D eigenvalue weighted by Gasteiger charge is 2.24. The van der Waals surface area contributed by atoms with Gasteiger partial charge in [0.15, 0.2) is 5.82 Å². The second-order valence-electron chi connectivity index (χ2n) is 11.4. The number of ether oxygens (including phenoxy) is 1. The van der Waals surface area contributed by atoms with Gasteiger partial charge in [-0.1, -0.05) is 71.3 Å². The molecule has 1 saturated carbocycles. The Kier molecular flexibility index (Phi) is 11.7. The molecule has 0 bridgehead atoms. The van der Waals surface area contributed by atoms with Crippen LogP contribution in [0.4, 0.5) is 4.39 Å². The Morgan fingerprint density at radius 3 is 2.17 bits per heavy atom. The molecule has 1 fully saturated rings. The van der Waals surface area contributed by atoms with Crippen LogP contribution in [0.5, 0.6) is 5.75 Å². The first-order chi connectivity index (χ1) is 19.6. The number of hydrogen-bond acceptors (Lipinski definition) is 4. The Bertz CT molecular complexity index is 1190. The summed E-state index contributed by atoms with van der Waals surface area (Å²) < 4.78 is 20.5. The third-order valence-electron chi connectivity index (χ3n) is 8.32. The number of rotatable bonds is 14. The minimum atomic E-state index is -0.559. The molecule has 0 unspecified atom stereocenters. The Morgan fingerprint density at radius 1 is 0.850 bits per heavy atom. The average Bonchev–Trinajstić information content (AvgIpc) is 2.98. The van der Waals surface area contributed by atoms with Crippen molar-refractivity contribution in [1.82, 2.24) is 9.97 Å². The topological polar surface area (TPSA) is 52.1 Å². The first-order valence-electron chi connectivity index (χ1n) is 15.5. The normalized spacial score (nSPS) is 17.1. The van der Waals surface area contributed by atoms with Crippen molar-refractivity contribution in [3.05, 3.63) is 77.4 Å². The molecule has 1 heterocycles.